The molecule has 0 fully saturated rings. The van der Waals surface area contributed by atoms with E-state index >= 15 is 0 Å². The molecule has 0 aliphatic heterocycles. The maximum absolute atomic E-state index is 12.5. The monoisotopic (exact) mass is 506 g/mol. The van der Waals surface area contributed by atoms with Gasteiger partial charge in [0, 0.05) is 10.2 Å². The van der Waals surface area contributed by atoms with E-state index in [1.165, 1.54) is 23.1 Å². The summed E-state index contributed by atoms with van der Waals surface area (Å²) in [6, 6.07) is 14.3. The lowest BCUT2D eigenvalue weighted by molar-refractivity contribution is -0.115. The van der Waals surface area contributed by atoms with Gasteiger partial charge in [-0.3, -0.25) is 14.9 Å². The van der Waals surface area contributed by atoms with Crippen molar-refractivity contribution < 1.29 is 14.3 Å². The first-order valence-electron chi connectivity index (χ1n) is 9.06. The molecular formula is C20H19BrN4O3S2. The van der Waals surface area contributed by atoms with E-state index in [0.717, 1.165) is 5.75 Å². The van der Waals surface area contributed by atoms with Crippen molar-refractivity contribution in [1.29, 1.82) is 0 Å². The molecule has 3 aromatic rings. The molecule has 1 heterocycles. The molecule has 0 unspecified atom stereocenters. The lowest BCUT2D eigenvalue weighted by Crippen LogP contribution is -2.22. The summed E-state index contributed by atoms with van der Waals surface area (Å²) in [5.74, 6) is 0.318. The van der Waals surface area contributed by atoms with Crippen molar-refractivity contribution in [3.05, 3.63) is 58.6 Å². The second-order valence-electron chi connectivity index (χ2n) is 6.01. The average Bonchev–Trinajstić information content (AvgIpc) is 3.16. The fourth-order valence-corrected chi connectivity index (χ4v) is 4.72. The highest BCUT2D eigenvalue weighted by atomic mass is 79.9. The van der Waals surface area contributed by atoms with Gasteiger partial charge in [-0.25, -0.2) is 0 Å². The van der Waals surface area contributed by atoms with Gasteiger partial charge in [0.25, 0.3) is 5.91 Å². The summed E-state index contributed by atoms with van der Waals surface area (Å²) in [4.78, 5) is 24.8. The Labute approximate surface area is 190 Å². The molecule has 10 heteroatoms. The molecule has 0 saturated heterocycles. The first kappa shape index (κ1) is 22.3. The lowest BCUT2D eigenvalue weighted by Gasteiger charge is -2.11. The van der Waals surface area contributed by atoms with Crippen LogP contribution in [0.1, 0.15) is 24.2 Å². The summed E-state index contributed by atoms with van der Waals surface area (Å²) in [7, 11) is 0. The Kier molecular flexibility index (Phi) is 7.83. The number of carbonyl (C=O) groups excluding carboxylic acids is 2. The molecule has 2 N–H and O–H groups in total. The molecule has 0 spiro atoms. The van der Waals surface area contributed by atoms with Crippen molar-refractivity contribution in [2.24, 2.45) is 0 Å². The van der Waals surface area contributed by atoms with Gasteiger partial charge in [-0.2, -0.15) is 0 Å². The van der Waals surface area contributed by atoms with Crippen LogP contribution in [0.2, 0.25) is 0 Å². The Morgan fingerprint density at radius 1 is 1.13 bits per heavy atom. The molecule has 3 rings (SSSR count). The number of anilines is 2. The number of nitrogens with zero attached hydrogens (tertiary/aromatic N) is 2. The van der Waals surface area contributed by atoms with Crippen LogP contribution in [-0.4, -0.2) is 33.9 Å². The zero-order valence-electron chi connectivity index (χ0n) is 16.2. The van der Waals surface area contributed by atoms with E-state index in [1.807, 2.05) is 25.1 Å². The minimum atomic E-state index is -0.392. The molecule has 7 nitrogen and oxygen atoms in total. The molecule has 0 aliphatic carbocycles. The van der Waals surface area contributed by atoms with Gasteiger partial charge in [0.05, 0.1) is 17.4 Å². The minimum absolute atomic E-state index is 0.154. The van der Waals surface area contributed by atoms with Crippen molar-refractivity contribution in [3.63, 3.8) is 0 Å². The molecule has 0 aliphatic rings. The maximum Gasteiger partial charge on any atom is 0.258 e. The fourth-order valence-electron chi connectivity index (χ4n) is 2.37. The van der Waals surface area contributed by atoms with Crippen LogP contribution >= 0.6 is 39.0 Å². The molecular weight excluding hydrogens is 488 g/mol. The summed E-state index contributed by atoms with van der Waals surface area (Å²) < 4.78 is 6.68. The molecule has 2 amide bonds. The number of nitrogens with one attached hydrogen (secondary N) is 2. The smallest absolute Gasteiger partial charge is 0.258 e. The Morgan fingerprint density at radius 2 is 1.87 bits per heavy atom. The summed E-state index contributed by atoms with van der Waals surface area (Å²) in [6.45, 7) is 4.29. The normalized spacial score (nSPS) is 11.6. The Morgan fingerprint density at radius 3 is 2.57 bits per heavy atom. The maximum atomic E-state index is 12.5. The van der Waals surface area contributed by atoms with Crippen LogP contribution in [0.5, 0.6) is 5.75 Å². The van der Waals surface area contributed by atoms with E-state index in [9.17, 15) is 9.59 Å². The fraction of sp³-hybridized carbons (Fsp3) is 0.200. The molecule has 2 aromatic carbocycles. The highest BCUT2D eigenvalue weighted by Gasteiger charge is 2.18. The van der Waals surface area contributed by atoms with E-state index in [0.29, 0.717) is 31.8 Å². The van der Waals surface area contributed by atoms with Crippen LogP contribution in [0.25, 0.3) is 0 Å². The predicted octanol–water partition coefficient (Wildman–Crippen LogP) is 5.07. The lowest BCUT2D eigenvalue weighted by atomic mass is 10.2. The van der Waals surface area contributed by atoms with Crippen LogP contribution in [0.15, 0.2) is 57.3 Å². The van der Waals surface area contributed by atoms with Gasteiger partial charge in [0.15, 0.2) is 4.34 Å². The van der Waals surface area contributed by atoms with Crippen molar-refractivity contribution in [2.45, 2.75) is 23.4 Å². The van der Waals surface area contributed by atoms with Crippen molar-refractivity contribution in [3.8, 4) is 5.75 Å². The highest BCUT2D eigenvalue weighted by molar-refractivity contribution is 9.10. The summed E-state index contributed by atoms with van der Waals surface area (Å²) in [5, 5.41) is 13.6. The van der Waals surface area contributed by atoms with Gasteiger partial charge in [0.1, 0.15) is 5.75 Å². The second kappa shape index (κ2) is 10.6. The molecule has 156 valence electrons. The number of amides is 2. The Balaban J connectivity index is 1.55. The van der Waals surface area contributed by atoms with E-state index < -0.39 is 5.25 Å². The van der Waals surface area contributed by atoms with Crippen molar-refractivity contribution in [2.75, 3.05) is 17.2 Å². The Hall–Kier alpha value is -2.43. The second-order valence-corrected chi connectivity index (χ2v) is 9.43. The number of halogens is 1. The molecule has 1 atom stereocenters. The number of carbonyl (C=O) groups is 2. The van der Waals surface area contributed by atoms with Gasteiger partial charge in [0.2, 0.25) is 11.0 Å². The third kappa shape index (κ3) is 6.04. The third-order valence-corrected chi connectivity index (χ3v) is 6.54. The van der Waals surface area contributed by atoms with Crippen LogP contribution in [0.3, 0.4) is 0 Å². The van der Waals surface area contributed by atoms with Crippen LogP contribution < -0.4 is 15.4 Å². The van der Waals surface area contributed by atoms with Gasteiger partial charge in [-0.15, -0.1) is 10.2 Å². The van der Waals surface area contributed by atoms with Gasteiger partial charge < -0.3 is 10.1 Å². The summed E-state index contributed by atoms with van der Waals surface area (Å²) in [5.41, 5.74) is 1.19. The predicted molar refractivity (Wildman–Crippen MR) is 124 cm³/mol. The molecule has 0 radical (unpaired) electrons. The molecule has 0 saturated carbocycles. The van der Waals surface area contributed by atoms with Crippen LogP contribution in [-0.2, 0) is 4.79 Å². The Bertz CT molecular complexity index is 1030. The van der Waals surface area contributed by atoms with Gasteiger partial charge >= 0.3 is 0 Å². The average molecular weight is 507 g/mol. The number of rotatable bonds is 8. The number of hydrogen-bond acceptors (Lipinski definition) is 7. The summed E-state index contributed by atoms with van der Waals surface area (Å²) in [6.07, 6.45) is 0. The molecule has 1 aromatic heterocycles. The number of ether oxygens (including phenoxy) is 1. The number of benzene rings is 2. The first-order chi connectivity index (χ1) is 14.5. The van der Waals surface area contributed by atoms with Gasteiger partial charge in [-0.05, 0) is 66.2 Å². The van der Waals surface area contributed by atoms with E-state index in [1.54, 1.807) is 37.3 Å². The SMILES string of the molecule is CCOc1ccc(NC(=O)[C@H](C)Sc2nnc(NC(=O)c3ccccc3Br)s2)cc1. The van der Waals surface area contributed by atoms with Gasteiger partial charge in [-0.1, -0.05) is 35.2 Å². The summed E-state index contributed by atoms with van der Waals surface area (Å²) >= 11 is 5.85. The number of hydrogen-bond donors (Lipinski definition) is 2. The van der Waals surface area contributed by atoms with E-state index in [2.05, 4.69) is 36.8 Å². The van der Waals surface area contributed by atoms with Crippen LogP contribution in [0.4, 0.5) is 10.8 Å². The number of aromatic nitrogens is 2. The molecule has 0 bridgehead atoms. The van der Waals surface area contributed by atoms with E-state index in [-0.39, 0.29) is 11.8 Å². The largest absolute Gasteiger partial charge is 0.494 e. The topological polar surface area (TPSA) is 93.2 Å². The standard InChI is InChI=1S/C20H19BrN4O3S2/c1-3-28-14-10-8-13(9-11-14)22-17(26)12(2)29-20-25-24-19(30-20)23-18(27)15-6-4-5-7-16(15)21/h4-12H,3H2,1-2H3,(H,22,26)(H,23,24,27)/t12-/m0/s1. The molecule has 30 heavy (non-hydrogen) atoms. The quantitative estimate of drug-likeness (QED) is 0.327. The first-order valence-corrected chi connectivity index (χ1v) is 11.5. The van der Waals surface area contributed by atoms with E-state index in [4.69, 9.17) is 4.74 Å². The number of thioether (sulfide) groups is 1. The zero-order valence-corrected chi connectivity index (χ0v) is 19.4. The highest BCUT2D eigenvalue weighted by Crippen LogP contribution is 2.30. The third-order valence-electron chi connectivity index (χ3n) is 3.83. The van der Waals surface area contributed by atoms with Crippen molar-refractivity contribution >= 4 is 61.7 Å². The van der Waals surface area contributed by atoms with Crippen LogP contribution in [0, 0.1) is 0 Å². The van der Waals surface area contributed by atoms with Crippen molar-refractivity contribution in [1.82, 2.24) is 10.2 Å². The minimum Gasteiger partial charge on any atom is -0.494 e. The zero-order chi connectivity index (χ0) is 21.5.